The molecule has 1 heterocycles. The molecule has 1 saturated heterocycles. The van der Waals surface area contributed by atoms with E-state index in [0.717, 1.165) is 25.9 Å². The van der Waals surface area contributed by atoms with E-state index in [1.165, 1.54) is 25.7 Å². The standard InChI is InChI=1S/C12H24N2O/c1-3-4-5-8-11(13-2)12(15)14-9-6-7-10-14/h11,13H,3-10H2,1-2H3/t11-/m1/s1. The van der Waals surface area contributed by atoms with Gasteiger partial charge in [0.05, 0.1) is 6.04 Å². The maximum atomic E-state index is 12.0. The third-order valence-corrected chi connectivity index (χ3v) is 3.16. The average molecular weight is 212 g/mol. The SMILES string of the molecule is CCCCC[C@@H](NC)C(=O)N1CCCC1. The van der Waals surface area contributed by atoms with Crippen LogP contribution in [0.15, 0.2) is 0 Å². The molecule has 1 atom stereocenters. The van der Waals surface area contributed by atoms with Gasteiger partial charge in [-0.25, -0.2) is 0 Å². The summed E-state index contributed by atoms with van der Waals surface area (Å²) in [6, 6.07) is 0.0506. The number of hydrogen-bond acceptors (Lipinski definition) is 2. The van der Waals surface area contributed by atoms with Gasteiger partial charge in [-0.2, -0.15) is 0 Å². The summed E-state index contributed by atoms with van der Waals surface area (Å²) >= 11 is 0. The topological polar surface area (TPSA) is 32.3 Å². The molecule has 0 saturated carbocycles. The second-order valence-corrected chi connectivity index (χ2v) is 4.37. The van der Waals surface area contributed by atoms with Crippen LogP contribution in [0, 0.1) is 0 Å². The quantitative estimate of drug-likeness (QED) is 0.681. The normalized spacial score (nSPS) is 18.1. The molecule has 1 aliphatic rings. The highest BCUT2D eigenvalue weighted by atomic mass is 16.2. The van der Waals surface area contributed by atoms with Gasteiger partial charge in [0.1, 0.15) is 0 Å². The van der Waals surface area contributed by atoms with Gasteiger partial charge in [0, 0.05) is 13.1 Å². The third-order valence-electron chi connectivity index (χ3n) is 3.16. The van der Waals surface area contributed by atoms with E-state index < -0.39 is 0 Å². The number of hydrogen-bond donors (Lipinski definition) is 1. The number of amides is 1. The molecule has 1 amide bonds. The van der Waals surface area contributed by atoms with Crippen molar-refractivity contribution < 1.29 is 4.79 Å². The molecule has 0 unspecified atom stereocenters. The summed E-state index contributed by atoms with van der Waals surface area (Å²) in [5, 5.41) is 3.15. The van der Waals surface area contributed by atoms with Crippen molar-refractivity contribution in [3.05, 3.63) is 0 Å². The molecule has 0 spiro atoms. The molecule has 3 nitrogen and oxygen atoms in total. The summed E-state index contributed by atoms with van der Waals surface area (Å²) in [6.45, 7) is 4.12. The van der Waals surface area contributed by atoms with Gasteiger partial charge in [-0.3, -0.25) is 4.79 Å². The Hall–Kier alpha value is -0.570. The number of rotatable bonds is 6. The van der Waals surface area contributed by atoms with Gasteiger partial charge < -0.3 is 10.2 Å². The molecule has 0 radical (unpaired) electrons. The average Bonchev–Trinajstić information content (AvgIpc) is 2.77. The van der Waals surface area contributed by atoms with E-state index in [-0.39, 0.29) is 6.04 Å². The van der Waals surface area contributed by atoms with Crippen LogP contribution < -0.4 is 5.32 Å². The lowest BCUT2D eigenvalue weighted by atomic mass is 10.1. The largest absolute Gasteiger partial charge is 0.341 e. The van der Waals surface area contributed by atoms with Gasteiger partial charge in [-0.1, -0.05) is 26.2 Å². The van der Waals surface area contributed by atoms with E-state index in [4.69, 9.17) is 0 Å². The van der Waals surface area contributed by atoms with Crippen molar-refractivity contribution in [1.82, 2.24) is 10.2 Å². The van der Waals surface area contributed by atoms with Crippen LogP contribution in [0.1, 0.15) is 45.4 Å². The first-order valence-corrected chi connectivity index (χ1v) is 6.25. The van der Waals surface area contributed by atoms with E-state index >= 15 is 0 Å². The summed E-state index contributed by atoms with van der Waals surface area (Å²) < 4.78 is 0. The van der Waals surface area contributed by atoms with Gasteiger partial charge in [-0.05, 0) is 26.3 Å². The van der Waals surface area contributed by atoms with Gasteiger partial charge in [0.25, 0.3) is 0 Å². The molecular weight excluding hydrogens is 188 g/mol. The van der Waals surface area contributed by atoms with Crippen LogP contribution in [-0.2, 0) is 4.79 Å². The minimum absolute atomic E-state index is 0.0506. The zero-order chi connectivity index (χ0) is 11.1. The molecule has 0 aromatic rings. The Morgan fingerprint density at radius 3 is 2.53 bits per heavy atom. The first-order chi connectivity index (χ1) is 7.29. The lowest BCUT2D eigenvalue weighted by Gasteiger charge is -2.22. The fraction of sp³-hybridized carbons (Fsp3) is 0.917. The highest BCUT2D eigenvalue weighted by Gasteiger charge is 2.24. The fourth-order valence-electron chi connectivity index (χ4n) is 2.15. The molecule has 1 aliphatic heterocycles. The van der Waals surface area contributed by atoms with Crippen LogP contribution in [0.25, 0.3) is 0 Å². The van der Waals surface area contributed by atoms with E-state index in [1.807, 2.05) is 11.9 Å². The number of nitrogens with zero attached hydrogens (tertiary/aromatic N) is 1. The summed E-state index contributed by atoms with van der Waals surface area (Å²) in [5.74, 6) is 0.311. The van der Waals surface area contributed by atoms with Gasteiger partial charge in [-0.15, -0.1) is 0 Å². The van der Waals surface area contributed by atoms with Crippen LogP contribution in [0.4, 0.5) is 0 Å². The summed E-state index contributed by atoms with van der Waals surface area (Å²) in [4.78, 5) is 14.0. The second-order valence-electron chi connectivity index (χ2n) is 4.37. The highest BCUT2D eigenvalue weighted by Crippen LogP contribution is 2.12. The number of carbonyl (C=O) groups is 1. The summed E-state index contributed by atoms with van der Waals surface area (Å²) in [7, 11) is 1.89. The summed E-state index contributed by atoms with van der Waals surface area (Å²) in [6.07, 6.45) is 6.94. The Labute approximate surface area is 93.2 Å². The predicted molar refractivity (Wildman–Crippen MR) is 62.8 cm³/mol. The van der Waals surface area contributed by atoms with E-state index in [9.17, 15) is 4.79 Å². The maximum absolute atomic E-state index is 12.0. The molecule has 1 fully saturated rings. The van der Waals surface area contributed by atoms with Crippen LogP contribution in [-0.4, -0.2) is 37.0 Å². The van der Waals surface area contributed by atoms with Crippen LogP contribution in [0.3, 0.4) is 0 Å². The van der Waals surface area contributed by atoms with E-state index in [1.54, 1.807) is 0 Å². The van der Waals surface area contributed by atoms with Crippen molar-refractivity contribution in [3.8, 4) is 0 Å². The molecule has 15 heavy (non-hydrogen) atoms. The zero-order valence-electron chi connectivity index (χ0n) is 10.1. The Kier molecular flexibility index (Phi) is 5.69. The van der Waals surface area contributed by atoms with Crippen molar-refractivity contribution in [3.63, 3.8) is 0 Å². The molecule has 1 rings (SSSR count). The Bertz CT molecular complexity index is 188. The van der Waals surface area contributed by atoms with Gasteiger partial charge >= 0.3 is 0 Å². The highest BCUT2D eigenvalue weighted by molar-refractivity contribution is 5.82. The molecule has 88 valence electrons. The van der Waals surface area contributed by atoms with Crippen LogP contribution >= 0.6 is 0 Å². The van der Waals surface area contributed by atoms with Gasteiger partial charge in [0.2, 0.25) is 5.91 Å². The molecule has 0 bridgehead atoms. The van der Waals surface area contributed by atoms with Crippen LogP contribution in [0.2, 0.25) is 0 Å². The van der Waals surface area contributed by atoms with Crippen LogP contribution in [0.5, 0.6) is 0 Å². The first kappa shape index (κ1) is 12.5. The predicted octanol–water partition coefficient (Wildman–Crippen LogP) is 1.78. The number of likely N-dealkylation sites (N-methyl/N-ethyl adjacent to an activating group) is 1. The summed E-state index contributed by atoms with van der Waals surface area (Å²) in [5.41, 5.74) is 0. The molecular formula is C12H24N2O. The lowest BCUT2D eigenvalue weighted by Crippen LogP contribution is -2.44. The zero-order valence-corrected chi connectivity index (χ0v) is 10.1. The smallest absolute Gasteiger partial charge is 0.239 e. The molecule has 0 aromatic heterocycles. The van der Waals surface area contributed by atoms with Crippen molar-refractivity contribution in [2.45, 2.75) is 51.5 Å². The Balaban J connectivity index is 2.32. The maximum Gasteiger partial charge on any atom is 0.239 e. The molecule has 0 aliphatic carbocycles. The number of unbranched alkanes of at least 4 members (excludes halogenated alkanes) is 2. The van der Waals surface area contributed by atoms with Crippen molar-refractivity contribution in [1.29, 1.82) is 0 Å². The first-order valence-electron chi connectivity index (χ1n) is 6.25. The Morgan fingerprint density at radius 1 is 1.33 bits per heavy atom. The number of carbonyl (C=O) groups excluding carboxylic acids is 1. The molecule has 3 heteroatoms. The minimum Gasteiger partial charge on any atom is -0.341 e. The Morgan fingerprint density at radius 2 is 2.00 bits per heavy atom. The monoisotopic (exact) mass is 212 g/mol. The number of nitrogens with one attached hydrogen (secondary N) is 1. The van der Waals surface area contributed by atoms with Crippen molar-refractivity contribution in [2.24, 2.45) is 0 Å². The third kappa shape index (κ3) is 3.82. The fourth-order valence-corrected chi connectivity index (χ4v) is 2.15. The van der Waals surface area contributed by atoms with E-state index in [0.29, 0.717) is 5.91 Å². The van der Waals surface area contributed by atoms with E-state index in [2.05, 4.69) is 12.2 Å². The van der Waals surface area contributed by atoms with Crippen molar-refractivity contribution in [2.75, 3.05) is 20.1 Å². The van der Waals surface area contributed by atoms with Gasteiger partial charge in [0.15, 0.2) is 0 Å². The lowest BCUT2D eigenvalue weighted by molar-refractivity contribution is -0.132. The molecule has 1 N–H and O–H groups in total. The second kappa shape index (κ2) is 6.83. The van der Waals surface area contributed by atoms with Crippen molar-refractivity contribution >= 4 is 5.91 Å². The minimum atomic E-state index is 0.0506. The molecule has 0 aromatic carbocycles. The number of likely N-dealkylation sites (tertiary alicyclic amines) is 1.